The van der Waals surface area contributed by atoms with Gasteiger partial charge in [0.1, 0.15) is 0 Å². The van der Waals surface area contributed by atoms with E-state index in [0.29, 0.717) is 23.2 Å². The first kappa shape index (κ1) is 26.7. The highest BCUT2D eigenvalue weighted by Gasteiger charge is 2.56. The van der Waals surface area contributed by atoms with Crippen molar-refractivity contribution in [1.29, 1.82) is 0 Å². The van der Waals surface area contributed by atoms with E-state index in [1.807, 2.05) is 13.8 Å². The topological polar surface area (TPSA) is 81.6 Å². The van der Waals surface area contributed by atoms with Gasteiger partial charge in [-0.1, -0.05) is 13.3 Å². The number of amides is 1. The number of pyridine rings is 1. The first-order valence-corrected chi connectivity index (χ1v) is 10.4. The quantitative estimate of drug-likeness (QED) is 0.508. The fourth-order valence-electron chi connectivity index (χ4n) is 3.57. The number of hydrogen-bond donors (Lipinski definition) is 2. The minimum absolute atomic E-state index is 0.0649. The number of aryl methyl sites for hydroxylation is 2. The molecular weight excluding hydrogens is 454 g/mol. The second kappa shape index (κ2) is 9.78. The third kappa shape index (κ3) is 6.75. The van der Waals surface area contributed by atoms with E-state index in [2.05, 4.69) is 10.4 Å². The molecule has 0 bridgehead atoms. The van der Waals surface area contributed by atoms with E-state index in [1.54, 1.807) is 19.9 Å². The van der Waals surface area contributed by atoms with E-state index in [9.17, 15) is 31.1 Å². The molecule has 0 saturated carbocycles. The first-order valence-electron chi connectivity index (χ1n) is 10.4. The van der Waals surface area contributed by atoms with Crippen LogP contribution in [0.25, 0.3) is 5.52 Å². The van der Waals surface area contributed by atoms with Gasteiger partial charge in [-0.3, -0.25) is 4.79 Å². The Hall–Kier alpha value is -2.50. The summed E-state index contributed by atoms with van der Waals surface area (Å²) in [5.74, 6) is -4.01. The largest absolute Gasteiger partial charge is 0.478 e. The number of rotatable bonds is 9. The lowest BCUT2D eigenvalue weighted by atomic mass is 9.97. The molecule has 0 aliphatic heterocycles. The molecule has 1 atom stereocenters. The Morgan fingerprint density at radius 3 is 2.33 bits per heavy atom. The lowest BCUT2D eigenvalue weighted by molar-refractivity contribution is -0.286. The number of halogens is 6. The van der Waals surface area contributed by atoms with Crippen molar-refractivity contribution >= 4 is 11.4 Å². The summed E-state index contributed by atoms with van der Waals surface area (Å²) in [4.78, 5) is 12.8. The van der Waals surface area contributed by atoms with Crippen LogP contribution in [0.4, 0.5) is 26.3 Å². The number of aromatic nitrogens is 2. The van der Waals surface area contributed by atoms with Gasteiger partial charge in [-0.05, 0) is 38.8 Å². The van der Waals surface area contributed by atoms with Gasteiger partial charge in [0.2, 0.25) is 5.88 Å². The van der Waals surface area contributed by atoms with Crippen LogP contribution in [0, 0.1) is 19.8 Å². The standard InChI is InChI=1S/C21H28F6N4O2/c1-5-7-19(4,28)11-29-18(32)17-13(3)30-31-14(17)9-12(2)10-16(31)33-8-6-15(20(22,23)24)21(25,26)27/h9-10,15H,5-8,11,28H2,1-4H3,(H,29,32). The number of nitrogens with zero attached hydrogens (tertiary/aromatic N) is 2. The Balaban J connectivity index is 2.26. The molecule has 186 valence electrons. The van der Waals surface area contributed by atoms with Crippen LogP contribution in [0.3, 0.4) is 0 Å². The highest BCUT2D eigenvalue weighted by molar-refractivity contribution is 6.02. The van der Waals surface area contributed by atoms with Crippen molar-refractivity contribution in [3.8, 4) is 5.88 Å². The minimum atomic E-state index is -5.44. The van der Waals surface area contributed by atoms with Crippen LogP contribution < -0.4 is 15.8 Å². The lowest BCUT2D eigenvalue weighted by Crippen LogP contribution is -2.47. The van der Waals surface area contributed by atoms with Crippen molar-refractivity contribution in [1.82, 2.24) is 14.9 Å². The molecule has 0 aromatic carbocycles. The van der Waals surface area contributed by atoms with Gasteiger partial charge in [0, 0.05) is 24.6 Å². The average molecular weight is 482 g/mol. The van der Waals surface area contributed by atoms with E-state index in [1.165, 1.54) is 10.6 Å². The van der Waals surface area contributed by atoms with E-state index in [4.69, 9.17) is 10.5 Å². The summed E-state index contributed by atoms with van der Waals surface area (Å²) < 4.78 is 83.0. The molecule has 0 radical (unpaired) electrons. The summed E-state index contributed by atoms with van der Waals surface area (Å²) in [7, 11) is 0. The number of nitrogens with two attached hydrogens (primary N) is 1. The number of fused-ring (bicyclic) bond motifs is 1. The van der Waals surface area contributed by atoms with Gasteiger partial charge in [-0.25, -0.2) is 0 Å². The van der Waals surface area contributed by atoms with Gasteiger partial charge in [0.05, 0.1) is 23.4 Å². The van der Waals surface area contributed by atoms with Crippen molar-refractivity contribution in [3.63, 3.8) is 0 Å². The van der Waals surface area contributed by atoms with Crippen LogP contribution in [0.1, 0.15) is 54.7 Å². The fraction of sp³-hybridized carbons (Fsp3) is 0.619. The van der Waals surface area contributed by atoms with Gasteiger partial charge >= 0.3 is 12.4 Å². The maximum Gasteiger partial charge on any atom is 0.400 e. The number of hydrogen-bond acceptors (Lipinski definition) is 4. The zero-order valence-corrected chi connectivity index (χ0v) is 18.8. The molecule has 0 saturated heterocycles. The Kier molecular flexibility index (Phi) is 7.93. The van der Waals surface area contributed by atoms with Gasteiger partial charge < -0.3 is 15.8 Å². The Labute approximate surface area is 187 Å². The smallest absolute Gasteiger partial charge is 0.400 e. The predicted molar refractivity (Wildman–Crippen MR) is 110 cm³/mol. The molecular formula is C21H28F6N4O2. The molecule has 12 heteroatoms. The second-order valence-electron chi connectivity index (χ2n) is 8.49. The van der Waals surface area contributed by atoms with Crippen molar-refractivity contribution in [2.75, 3.05) is 13.2 Å². The zero-order chi connectivity index (χ0) is 25.2. The molecule has 2 aromatic rings. The Morgan fingerprint density at radius 1 is 1.18 bits per heavy atom. The highest BCUT2D eigenvalue weighted by Crippen LogP contribution is 2.41. The van der Waals surface area contributed by atoms with E-state index >= 15 is 0 Å². The maximum absolute atomic E-state index is 12.8. The summed E-state index contributed by atoms with van der Waals surface area (Å²) in [5, 5.41) is 6.97. The summed E-state index contributed by atoms with van der Waals surface area (Å²) in [6.07, 6.45) is -10.7. The number of alkyl halides is 6. The second-order valence-corrected chi connectivity index (χ2v) is 8.49. The van der Waals surface area contributed by atoms with E-state index in [0.717, 1.165) is 6.42 Å². The van der Waals surface area contributed by atoms with Crippen molar-refractivity contribution in [2.24, 2.45) is 11.7 Å². The molecule has 2 rings (SSSR count). The average Bonchev–Trinajstić information content (AvgIpc) is 2.97. The van der Waals surface area contributed by atoms with E-state index < -0.39 is 42.7 Å². The fourth-order valence-corrected chi connectivity index (χ4v) is 3.57. The van der Waals surface area contributed by atoms with E-state index in [-0.39, 0.29) is 18.0 Å². The maximum atomic E-state index is 12.8. The van der Waals surface area contributed by atoms with Crippen molar-refractivity contribution < 1.29 is 35.9 Å². The van der Waals surface area contributed by atoms with Crippen molar-refractivity contribution in [2.45, 2.75) is 64.8 Å². The molecule has 1 unspecified atom stereocenters. The van der Waals surface area contributed by atoms with Crippen LogP contribution in [-0.4, -0.2) is 46.6 Å². The summed E-state index contributed by atoms with van der Waals surface area (Å²) in [6, 6.07) is 3.05. The van der Waals surface area contributed by atoms with Crippen LogP contribution in [0.5, 0.6) is 5.88 Å². The van der Waals surface area contributed by atoms with Gasteiger partial charge in [0.15, 0.2) is 5.92 Å². The number of ether oxygens (including phenoxy) is 1. The van der Waals surface area contributed by atoms with Crippen LogP contribution >= 0.6 is 0 Å². The number of carbonyl (C=O) groups is 1. The molecule has 1 amide bonds. The van der Waals surface area contributed by atoms with Gasteiger partial charge in [-0.15, -0.1) is 0 Å². The Morgan fingerprint density at radius 2 is 1.79 bits per heavy atom. The number of nitrogens with one attached hydrogen (secondary N) is 1. The molecule has 6 nitrogen and oxygen atoms in total. The molecule has 3 N–H and O–H groups in total. The zero-order valence-electron chi connectivity index (χ0n) is 18.8. The highest BCUT2D eigenvalue weighted by atomic mass is 19.4. The summed E-state index contributed by atoms with van der Waals surface area (Å²) in [6.45, 7) is 6.37. The third-order valence-electron chi connectivity index (χ3n) is 5.17. The third-order valence-corrected chi connectivity index (χ3v) is 5.17. The molecule has 2 aromatic heterocycles. The minimum Gasteiger partial charge on any atom is -0.478 e. The molecule has 0 spiro atoms. The molecule has 0 aliphatic carbocycles. The predicted octanol–water partition coefficient (Wildman–Crippen LogP) is 4.71. The summed E-state index contributed by atoms with van der Waals surface area (Å²) in [5.41, 5.74) is 6.99. The molecule has 2 heterocycles. The lowest BCUT2D eigenvalue weighted by Gasteiger charge is -2.24. The SMILES string of the molecule is CCCC(C)(N)CNC(=O)c1c(C)nn2c(OCCC(C(F)(F)F)C(F)(F)F)cc(C)cc12. The van der Waals surface area contributed by atoms with Crippen LogP contribution in [0.15, 0.2) is 12.1 Å². The molecule has 0 aliphatic rings. The van der Waals surface area contributed by atoms with Crippen LogP contribution in [0.2, 0.25) is 0 Å². The monoisotopic (exact) mass is 482 g/mol. The molecule has 0 fully saturated rings. The number of carbonyl (C=O) groups excluding carboxylic acids is 1. The van der Waals surface area contributed by atoms with Gasteiger partial charge in [-0.2, -0.15) is 36.0 Å². The van der Waals surface area contributed by atoms with Gasteiger partial charge in [0.25, 0.3) is 5.91 Å². The first-order chi connectivity index (χ1) is 15.1. The normalized spacial score (nSPS) is 14.5. The molecule has 33 heavy (non-hydrogen) atoms. The Bertz CT molecular complexity index is 968. The van der Waals surface area contributed by atoms with Crippen LogP contribution in [-0.2, 0) is 0 Å². The summed E-state index contributed by atoms with van der Waals surface area (Å²) >= 11 is 0. The van der Waals surface area contributed by atoms with Crippen molar-refractivity contribution in [3.05, 3.63) is 29.0 Å².